The fourth-order valence-corrected chi connectivity index (χ4v) is 7.18. The molecule has 0 aromatic heterocycles. The predicted molar refractivity (Wildman–Crippen MR) is 101 cm³/mol. The monoisotopic (exact) mass is 412 g/mol. The van der Waals surface area contributed by atoms with Crippen molar-refractivity contribution in [2.24, 2.45) is 0 Å². The molecular weight excluding hydrogens is 404 g/mol. The van der Waals surface area contributed by atoms with Crippen LogP contribution in [0.1, 0.15) is 0 Å². The van der Waals surface area contributed by atoms with E-state index in [9.17, 15) is 0 Å². The normalized spacial score (nSPS) is 14.0. The van der Waals surface area contributed by atoms with Gasteiger partial charge >= 0.3 is 0 Å². The summed E-state index contributed by atoms with van der Waals surface area (Å²) >= 11 is 10.5. The van der Waals surface area contributed by atoms with E-state index < -0.39 is 0 Å². The Hall–Kier alpha value is -0.440. The van der Waals surface area contributed by atoms with E-state index >= 15 is 0 Å². The molecule has 0 radical (unpaired) electrons. The van der Waals surface area contributed by atoms with Crippen LogP contribution in [0.25, 0.3) is 9.81 Å². The second-order valence-electron chi connectivity index (χ2n) is 3.77. The summed E-state index contributed by atoms with van der Waals surface area (Å²) in [5, 5.41) is 19.7. The van der Waals surface area contributed by atoms with Gasteiger partial charge in [-0.25, -0.2) is 0 Å². The van der Waals surface area contributed by atoms with Crippen LogP contribution in [0.15, 0.2) is 31.1 Å². The first-order valence-corrected chi connectivity index (χ1v) is 10.5. The number of thioether (sulfide) groups is 4. The van der Waals surface area contributed by atoms with Gasteiger partial charge in [0.2, 0.25) is 0 Å². The van der Waals surface area contributed by atoms with Crippen molar-refractivity contribution in [1.29, 1.82) is 10.5 Å². The van der Waals surface area contributed by atoms with E-state index in [1.165, 1.54) is 12.7 Å². The van der Waals surface area contributed by atoms with Gasteiger partial charge in [-0.3, -0.25) is 0 Å². The molecule has 21 heavy (non-hydrogen) atoms. The number of hydrogen-bond acceptors (Lipinski definition) is 6. The van der Waals surface area contributed by atoms with Crippen LogP contribution in [0.3, 0.4) is 0 Å². The van der Waals surface area contributed by atoms with Gasteiger partial charge in [0.1, 0.15) is 17.7 Å². The van der Waals surface area contributed by atoms with E-state index in [-0.39, 0.29) is 5.57 Å². The summed E-state index contributed by atoms with van der Waals surface area (Å²) in [4.78, 5) is 0. The van der Waals surface area contributed by atoms with Crippen LogP contribution < -0.4 is 10.4 Å². The standard InChI is InChI=1S/C14H9BrN2S4/c1-18-13-14(19-2)21-12(20-13)8-3-4-10(11(15)5-8)9(6-16)7-17/h3-5H,1-2H3. The molecule has 0 amide bonds. The number of rotatable bonds is 2. The molecule has 0 saturated heterocycles. The molecule has 0 atom stereocenters. The first kappa shape index (κ1) is 16.9. The fourth-order valence-electron chi connectivity index (χ4n) is 1.63. The molecule has 0 fully saturated rings. The Morgan fingerprint density at radius 2 is 1.67 bits per heavy atom. The third-order valence-electron chi connectivity index (χ3n) is 2.61. The summed E-state index contributed by atoms with van der Waals surface area (Å²) in [6.45, 7) is 0. The molecule has 0 aliphatic carbocycles. The third-order valence-corrected chi connectivity index (χ3v) is 8.55. The van der Waals surface area contributed by atoms with Crippen molar-refractivity contribution in [2.45, 2.75) is 0 Å². The molecule has 2 nitrogen and oxygen atoms in total. The molecule has 2 rings (SSSR count). The lowest BCUT2D eigenvalue weighted by Crippen LogP contribution is -2.13. The molecule has 0 unspecified atom stereocenters. The number of halogens is 1. The van der Waals surface area contributed by atoms with E-state index in [1.807, 2.05) is 30.3 Å². The Bertz CT molecular complexity index is 781. The summed E-state index contributed by atoms with van der Waals surface area (Å²) in [7, 11) is 0. The fraction of sp³-hybridized carbons (Fsp3) is 0.143. The maximum Gasteiger partial charge on any atom is 0.138 e. The Morgan fingerprint density at radius 1 is 1.10 bits per heavy atom. The molecule has 0 saturated carbocycles. The summed E-state index contributed by atoms with van der Waals surface area (Å²) in [5.74, 6) is 0. The highest BCUT2D eigenvalue weighted by Gasteiger charge is 2.20. The molecule has 0 N–H and O–H groups in total. The average molecular weight is 413 g/mol. The van der Waals surface area contributed by atoms with Crippen LogP contribution in [-0.4, -0.2) is 12.5 Å². The highest BCUT2D eigenvalue weighted by Crippen LogP contribution is 2.56. The summed E-state index contributed by atoms with van der Waals surface area (Å²) < 4.78 is 4.65. The first-order chi connectivity index (χ1) is 10.1. The average Bonchev–Trinajstić information content (AvgIpc) is 2.93. The summed E-state index contributed by atoms with van der Waals surface area (Å²) in [6.07, 6.45) is 4.17. The van der Waals surface area contributed by atoms with Crippen molar-refractivity contribution >= 4 is 72.8 Å². The zero-order chi connectivity index (χ0) is 15.4. The van der Waals surface area contributed by atoms with Crippen LogP contribution in [0.5, 0.6) is 0 Å². The lowest BCUT2D eigenvalue weighted by Gasteiger charge is -1.98. The van der Waals surface area contributed by atoms with Crippen molar-refractivity contribution in [1.82, 2.24) is 0 Å². The van der Waals surface area contributed by atoms with E-state index in [1.54, 1.807) is 47.0 Å². The van der Waals surface area contributed by atoms with Crippen molar-refractivity contribution < 1.29 is 0 Å². The largest absolute Gasteiger partial charge is 0.192 e. The first-order valence-electron chi connectivity index (χ1n) is 5.67. The van der Waals surface area contributed by atoms with Crippen molar-refractivity contribution in [3.05, 3.63) is 41.6 Å². The molecule has 7 heteroatoms. The molecule has 106 valence electrons. The maximum absolute atomic E-state index is 8.96. The SMILES string of the molecule is CSC1=C(SC)SC(=c2ccc(=C(C#N)C#N)c(Br)c2)S1. The van der Waals surface area contributed by atoms with Gasteiger partial charge in [0, 0.05) is 9.69 Å². The minimum absolute atomic E-state index is 0.123. The van der Waals surface area contributed by atoms with Crippen molar-refractivity contribution in [2.75, 3.05) is 12.5 Å². The zero-order valence-corrected chi connectivity index (χ0v) is 16.0. The van der Waals surface area contributed by atoms with Gasteiger partial charge in [-0.2, -0.15) is 10.5 Å². The number of nitriles is 2. The maximum atomic E-state index is 8.96. The lowest BCUT2D eigenvalue weighted by atomic mass is 10.2. The quantitative estimate of drug-likeness (QED) is 0.729. The van der Waals surface area contributed by atoms with Gasteiger partial charge < -0.3 is 0 Å². The molecule has 1 aromatic rings. The van der Waals surface area contributed by atoms with Crippen LogP contribution in [0.4, 0.5) is 0 Å². The van der Waals surface area contributed by atoms with Gasteiger partial charge in [0.15, 0.2) is 0 Å². The van der Waals surface area contributed by atoms with Gasteiger partial charge in [0.05, 0.1) is 12.7 Å². The minimum Gasteiger partial charge on any atom is -0.192 e. The Labute approximate surface area is 148 Å². The Morgan fingerprint density at radius 3 is 2.10 bits per heavy atom. The van der Waals surface area contributed by atoms with Gasteiger partial charge in [-0.05, 0) is 23.8 Å². The van der Waals surface area contributed by atoms with E-state index in [0.29, 0.717) is 5.22 Å². The van der Waals surface area contributed by atoms with Gasteiger partial charge in [-0.15, -0.1) is 23.5 Å². The molecule has 1 aromatic carbocycles. The van der Waals surface area contributed by atoms with Crippen LogP contribution >= 0.6 is 63.0 Å². The molecule has 1 heterocycles. The lowest BCUT2D eigenvalue weighted by molar-refractivity contribution is 1.46. The Balaban J connectivity index is 2.54. The summed E-state index contributed by atoms with van der Waals surface area (Å²) in [5.41, 5.74) is 0.123. The van der Waals surface area contributed by atoms with E-state index in [4.69, 9.17) is 10.5 Å². The molecule has 1 aliphatic heterocycles. The van der Waals surface area contributed by atoms with Crippen molar-refractivity contribution in [3.8, 4) is 12.1 Å². The number of benzene rings is 1. The van der Waals surface area contributed by atoms with E-state index in [0.717, 1.165) is 9.69 Å². The Kier molecular flexibility index (Phi) is 6.21. The second kappa shape index (κ2) is 7.71. The molecule has 1 aliphatic rings. The van der Waals surface area contributed by atoms with Crippen molar-refractivity contribution in [3.63, 3.8) is 0 Å². The van der Waals surface area contributed by atoms with Gasteiger partial charge in [0.25, 0.3) is 0 Å². The number of hydrogen-bond donors (Lipinski definition) is 0. The molecule has 0 spiro atoms. The number of nitrogens with zero attached hydrogens (tertiary/aromatic N) is 2. The van der Waals surface area contributed by atoms with Crippen LogP contribution in [0, 0.1) is 22.7 Å². The highest BCUT2D eigenvalue weighted by atomic mass is 79.9. The zero-order valence-electron chi connectivity index (χ0n) is 11.1. The van der Waals surface area contributed by atoms with Crippen LogP contribution in [0.2, 0.25) is 0 Å². The highest BCUT2D eigenvalue weighted by molar-refractivity contribution is 9.10. The van der Waals surface area contributed by atoms with Crippen LogP contribution in [-0.2, 0) is 0 Å². The second-order valence-corrected chi connectivity index (χ2v) is 9.07. The molecular formula is C14H9BrN2S4. The topological polar surface area (TPSA) is 47.6 Å². The summed E-state index contributed by atoms with van der Waals surface area (Å²) in [6, 6.07) is 9.61. The predicted octanol–water partition coefficient (Wildman–Crippen LogP) is 4.05. The minimum atomic E-state index is 0.123. The van der Waals surface area contributed by atoms with Gasteiger partial charge in [-0.1, -0.05) is 51.6 Å². The van der Waals surface area contributed by atoms with E-state index in [2.05, 4.69) is 28.4 Å². The third kappa shape index (κ3) is 3.67. The smallest absolute Gasteiger partial charge is 0.138 e. The molecule has 0 bridgehead atoms.